The van der Waals surface area contributed by atoms with Crippen LogP contribution in [0.1, 0.15) is 77.7 Å². The largest absolute Gasteiger partial charge is 0.480 e. The fourth-order valence-corrected chi connectivity index (χ4v) is 8.26. The van der Waals surface area contributed by atoms with Crippen molar-refractivity contribution in [3.05, 3.63) is 33.1 Å². The molecule has 1 amide bonds. The number of fused-ring (bicyclic) bond motifs is 1. The number of aryl methyl sites for hydroxylation is 1. The van der Waals surface area contributed by atoms with Crippen LogP contribution in [0.15, 0.2) is 21.9 Å². The summed E-state index contributed by atoms with van der Waals surface area (Å²) in [4.78, 5) is 51.6. The molecule has 5 rings (SSSR count). The van der Waals surface area contributed by atoms with E-state index >= 15 is 0 Å². The quantitative estimate of drug-likeness (QED) is 0.459. The Morgan fingerprint density at radius 3 is 2.50 bits per heavy atom. The first-order valence-electron chi connectivity index (χ1n) is 15.1. The van der Waals surface area contributed by atoms with Crippen molar-refractivity contribution in [1.29, 1.82) is 0 Å². The van der Waals surface area contributed by atoms with Gasteiger partial charge in [-0.15, -0.1) is 0 Å². The number of nitrogens with one attached hydrogen (secondary N) is 2. The molecule has 2 saturated carbocycles. The lowest BCUT2D eigenvalue weighted by atomic mass is 9.62. The van der Waals surface area contributed by atoms with Crippen LogP contribution in [0.3, 0.4) is 0 Å². The lowest BCUT2D eigenvalue weighted by Crippen LogP contribution is -2.51. The Balaban J connectivity index is 1.28. The average Bonchev–Trinajstić information content (AvgIpc) is 3.24. The Morgan fingerprint density at radius 1 is 1.07 bits per heavy atom. The third-order valence-electron chi connectivity index (χ3n) is 10.2. The molecule has 4 fully saturated rings. The lowest BCUT2D eigenvalue weighted by molar-refractivity contribution is -0.143. The van der Waals surface area contributed by atoms with Crippen LogP contribution in [0.25, 0.3) is 0 Å². The molecule has 3 N–H and O–H groups in total. The number of aromatic nitrogens is 2. The highest BCUT2D eigenvalue weighted by atomic mass is 16.5. The fourth-order valence-electron chi connectivity index (χ4n) is 8.26. The minimum atomic E-state index is -1.01. The monoisotopic (exact) mass is 559 g/mol. The van der Waals surface area contributed by atoms with Gasteiger partial charge in [-0.25, -0.2) is 14.6 Å². The fraction of sp³-hybridized carbons (Fsp3) is 0.793. The van der Waals surface area contributed by atoms with Gasteiger partial charge in [0, 0.05) is 56.7 Å². The van der Waals surface area contributed by atoms with Crippen LogP contribution in [0.4, 0.5) is 0 Å². The Labute approximate surface area is 235 Å². The molecule has 2 saturated heterocycles. The molecule has 40 heavy (non-hydrogen) atoms. The van der Waals surface area contributed by atoms with Crippen molar-refractivity contribution < 1.29 is 19.4 Å². The third-order valence-corrected chi connectivity index (χ3v) is 10.2. The van der Waals surface area contributed by atoms with E-state index in [4.69, 9.17) is 4.74 Å². The zero-order valence-electron chi connectivity index (χ0n) is 24.0. The maximum Gasteiger partial charge on any atom is 0.330 e. The van der Waals surface area contributed by atoms with Crippen LogP contribution in [-0.2, 0) is 21.4 Å². The molecule has 8 atom stereocenters. The molecule has 0 radical (unpaired) electrons. The van der Waals surface area contributed by atoms with Crippen molar-refractivity contribution in [3.8, 4) is 0 Å². The summed E-state index contributed by atoms with van der Waals surface area (Å²) in [5, 5.41) is 15.3. The molecular formula is C29H45N5O6. The summed E-state index contributed by atoms with van der Waals surface area (Å²) in [6.45, 7) is 5.44. The van der Waals surface area contributed by atoms with E-state index in [0.717, 1.165) is 51.4 Å². The summed E-state index contributed by atoms with van der Waals surface area (Å²) >= 11 is 0. The Hall–Kier alpha value is -2.50. The standard InChI is InChI=1S/C29H45N5O6/c1-17-26(18(2)34(31-17)20-11-14-40-15-12-20)27(36)30-23(28(37)38)16-19-6-4-8-22-21(19)7-5-9-24(22)33-25(35)10-13-32(3)29(33)39/h10,13,17-24,26,31H,4-9,11-12,14-16H2,1-3H3,(H,30,36)(H,37,38)/t17?,18?,19?,21?,22?,23-,24?,26?/m0/s1. The number of carboxylic acids is 1. The van der Waals surface area contributed by atoms with Gasteiger partial charge in [0.15, 0.2) is 0 Å². The molecule has 2 aliphatic carbocycles. The number of rotatable bonds is 7. The molecule has 11 nitrogen and oxygen atoms in total. The van der Waals surface area contributed by atoms with Gasteiger partial charge in [-0.2, -0.15) is 0 Å². The van der Waals surface area contributed by atoms with E-state index in [-0.39, 0.29) is 59.0 Å². The molecular weight excluding hydrogens is 514 g/mol. The summed E-state index contributed by atoms with van der Waals surface area (Å²) < 4.78 is 8.38. The third kappa shape index (κ3) is 5.65. The minimum absolute atomic E-state index is 0.0579. The van der Waals surface area contributed by atoms with Gasteiger partial charge in [-0.05, 0) is 70.1 Å². The van der Waals surface area contributed by atoms with Crippen molar-refractivity contribution in [2.24, 2.45) is 30.7 Å². The Morgan fingerprint density at radius 2 is 1.77 bits per heavy atom. The van der Waals surface area contributed by atoms with E-state index in [0.29, 0.717) is 25.7 Å². The normalized spacial score (nSPS) is 34.2. The highest BCUT2D eigenvalue weighted by molar-refractivity contribution is 5.86. The molecule has 4 aliphatic rings. The smallest absolute Gasteiger partial charge is 0.330 e. The Kier molecular flexibility index (Phi) is 8.82. The average molecular weight is 560 g/mol. The first-order valence-corrected chi connectivity index (χ1v) is 15.1. The van der Waals surface area contributed by atoms with Crippen molar-refractivity contribution in [3.63, 3.8) is 0 Å². The molecule has 7 unspecified atom stereocenters. The molecule has 0 aromatic carbocycles. The number of amides is 1. The summed E-state index contributed by atoms with van der Waals surface area (Å²) in [7, 11) is 1.66. The molecule has 0 bridgehead atoms. The second-order valence-electron chi connectivity index (χ2n) is 12.5. The van der Waals surface area contributed by atoms with Crippen LogP contribution in [-0.4, -0.2) is 68.5 Å². The van der Waals surface area contributed by atoms with E-state index in [1.54, 1.807) is 7.05 Å². The Bertz CT molecular complexity index is 1190. The highest BCUT2D eigenvalue weighted by Gasteiger charge is 2.46. The lowest BCUT2D eigenvalue weighted by Gasteiger charge is -2.46. The predicted octanol–water partition coefficient (Wildman–Crippen LogP) is 1.66. The molecule has 1 aromatic rings. The zero-order valence-corrected chi connectivity index (χ0v) is 24.0. The SMILES string of the molecule is CC1NN(C2CCOCC2)C(C)C1C(=O)N[C@@H](CC1CCCC2C1CCCC2n1c(=O)ccn(C)c1=O)C(=O)O. The maximum atomic E-state index is 13.5. The van der Waals surface area contributed by atoms with Gasteiger partial charge in [0.05, 0.1) is 5.92 Å². The minimum Gasteiger partial charge on any atom is -0.480 e. The summed E-state index contributed by atoms with van der Waals surface area (Å²) in [5.74, 6) is -1.10. The number of carboxylic acid groups (broad SMARTS) is 1. The van der Waals surface area contributed by atoms with Crippen LogP contribution in [0, 0.1) is 23.7 Å². The number of nitrogens with zero attached hydrogens (tertiary/aromatic N) is 3. The van der Waals surface area contributed by atoms with Crippen LogP contribution >= 0.6 is 0 Å². The summed E-state index contributed by atoms with van der Waals surface area (Å²) in [6.07, 6.45) is 9.04. The number of carbonyl (C=O) groups excluding carboxylic acids is 1. The van der Waals surface area contributed by atoms with Gasteiger partial charge in [0.1, 0.15) is 6.04 Å². The van der Waals surface area contributed by atoms with Gasteiger partial charge in [-0.3, -0.25) is 19.6 Å². The second-order valence-corrected chi connectivity index (χ2v) is 12.5. The number of aliphatic carboxylic acids is 1. The first kappa shape index (κ1) is 29.0. The zero-order chi connectivity index (χ0) is 28.6. The number of ether oxygens (including phenoxy) is 1. The van der Waals surface area contributed by atoms with Gasteiger partial charge in [-0.1, -0.05) is 19.3 Å². The highest BCUT2D eigenvalue weighted by Crippen LogP contribution is 2.49. The van der Waals surface area contributed by atoms with E-state index < -0.39 is 12.0 Å². The summed E-state index contributed by atoms with van der Waals surface area (Å²) in [6, 6.07) is 0.445. The van der Waals surface area contributed by atoms with E-state index in [1.807, 2.05) is 13.8 Å². The van der Waals surface area contributed by atoms with Crippen molar-refractivity contribution in [2.75, 3.05) is 13.2 Å². The van der Waals surface area contributed by atoms with E-state index in [1.165, 1.54) is 21.4 Å². The maximum absolute atomic E-state index is 13.5. The molecule has 222 valence electrons. The van der Waals surface area contributed by atoms with Crippen LogP contribution in [0.5, 0.6) is 0 Å². The second kappa shape index (κ2) is 12.2. The van der Waals surface area contributed by atoms with Crippen molar-refractivity contribution in [1.82, 2.24) is 24.9 Å². The van der Waals surface area contributed by atoms with E-state index in [9.17, 15) is 24.3 Å². The van der Waals surface area contributed by atoms with Gasteiger partial charge in [0.25, 0.3) is 5.56 Å². The van der Waals surface area contributed by atoms with Gasteiger partial charge < -0.3 is 19.7 Å². The van der Waals surface area contributed by atoms with Crippen LogP contribution < -0.4 is 22.0 Å². The molecule has 2 aliphatic heterocycles. The van der Waals surface area contributed by atoms with E-state index in [2.05, 4.69) is 15.8 Å². The molecule has 1 aromatic heterocycles. The number of hydrazine groups is 1. The molecule has 3 heterocycles. The van der Waals surface area contributed by atoms with Gasteiger partial charge >= 0.3 is 11.7 Å². The first-order chi connectivity index (χ1) is 19.2. The topological polar surface area (TPSA) is 135 Å². The van der Waals surface area contributed by atoms with Crippen molar-refractivity contribution >= 4 is 11.9 Å². The molecule has 11 heteroatoms. The number of carbonyl (C=O) groups is 2. The predicted molar refractivity (Wildman–Crippen MR) is 149 cm³/mol. The van der Waals surface area contributed by atoms with Gasteiger partial charge in [0.2, 0.25) is 5.91 Å². The van der Waals surface area contributed by atoms with Crippen LogP contribution in [0.2, 0.25) is 0 Å². The molecule has 0 spiro atoms. The summed E-state index contributed by atoms with van der Waals surface area (Å²) in [5.41, 5.74) is 2.91. The van der Waals surface area contributed by atoms with Crippen molar-refractivity contribution in [2.45, 2.75) is 102 Å². The number of hydrogen-bond donors (Lipinski definition) is 3. The number of hydrogen-bond acceptors (Lipinski definition) is 7.